The summed E-state index contributed by atoms with van der Waals surface area (Å²) in [6.45, 7) is 11.0. The van der Waals surface area contributed by atoms with Gasteiger partial charge in [0.05, 0.1) is 12.8 Å². The van der Waals surface area contributed by atoms with Gasteiger partial charge in [-0.25, -0.2) is 0 Å². The van der Waals surface area contributed by atoms with Gasteiger partial charge in [0.2, 0.25) is 0 Å². The Morgan fingerprint density at radius 2 is 2.10 bits per heavy atom. The number of hydrogen-bond acceptors (Lipinski definition) is 3. The first kappa shape index (κ1) is 15.6. The van der Waals surface area contributed by atoms with E-state index in [4.69, 9.17) is 4.42 Å². The Bertz CT molecular complexity index is 378. The predicted molar refractivity (Wildman–Crippen MR) is 83.6 cm³/mol. The van der Waals surface area contributed by atoms with Crippen molar-refractivity contribution in [3.05, 3.63) is 23.7 Å². The highest BCUT2D eigenvalue weighted by Crippen LogP contribution is 2.23. The van der Waals surface area contributed by atoms with Gasteiger partial charge >= 0.3 is 0 Å². The van der Waals surface area contributed by atoms with E-state index in [-0.39, 0.29) is 0 Å². The van der Waals surface area contributed by atoms with Gasteiger partial charge in [0.15, 0.2) is 0 Å². The minimum Gasteiger partial charge on any atom is -0.468 e. The topological polar surface area (TPSA) is 28.4 Å². The summed E-state index contributed by atoms with van der Waals surface area (Å²) in [4.78, 5) is 2.55. The van der Waals surface area contributed by atoms with Crippen LogP contribution in [0.25, 0.3) is 0 Å². The van der Waals surface area contributed by atoms with E-state index in [0.717, 1.165) is 24.8 Å². The van der Waals surface area contributed by atoms with Gasteiger partial charge in [-0.1, -0.05) is 33.6 Å². The molecule has 1 saturated heterocycles. The first-order valence-electron chi connectivity index (χ1n) is 8.20. The second kappa shape index (κ2) is 7.84. The highest BCUT2D eigenvalue weighted by atomic mass is 16.3. The first-order valence-corrected chi connectivity index (χ1v) is 8.20. The van der Waals surface area contributed by atoms with Crippen LogP contribution in [0, 0.1) is 5.92 Å². The molecule has 0 spiro atoms. The third-order valence-electron chi connectivity index (χ3n) is 4.31. The van der Waals surface area contributed by atoms with Gasteiger partial charge in [-0.3, -0.25) is 4.90 Å². The Morgan fingerprint density at radius 1 is 1.35 bits per heavy atom. The zero-order chi connectivity index (χ0) is 14.4. The normalized spacial score (nSPS) is 18.0. The van der Waals surface area contributed by atoms with Gasteiger partial charge in [-0.15, -0.1) is 0 Å². The van der Waals surface area contributed by atoms with Crippen molar-refractivity contribution in [3.63, 3.8) is 0 Å². The predicted octanol–water partition coefficient (Wildman–Crippen LogP) is 3.79. The van der Waals surface area contributed by atoms with Crippen molar-refractivity contribution in [2.75, 3.05) is 13.1 Å². The minimum atomic E-state index is 0.516. The van der Waals surface area contributed by atoms with E-state index in [1.54, 1.807) is 0 Å². The van der Waals surface area contributed by atoms with Gasteiger partial charge in [0, 0.05) is 18.2 Å². The Hall–Kier alpha value is -0.800. The van der Waals surface area contributed by atoms with Crippen LogP contribution in [0.1, 0.15) is 57.8 Å². The van der Waals surface area contributed by atoms with Crippen LogP contribution in [0.15, 0.2) is 16.7 Å². The highest BCUT2D eigenvalue weighted by Gasteiger charge is 2.20. The molecule has 1 N–H and O–H groups in total. The van der Waals surface area contributed by atoms with Crippen molar-refractivity contribution in [3.8, 4) is 0 Å². The molecule has 20 heavy (non-hydrogen) atoms. The lowest BCUT2D eigenvalue weighted by Gasteiger charge is -2.31. The van der Waals surface area contributed by atoms with Crippen LogP contribution < -0.4 is 5.32 Å². The van der Waals surface area contributed by atoms with Crippen LogP contribution in [-0.4, -0.2) is 24.0 Å². The van der Waals surface area contributed by atoms with Crippen LogP contribution >= 0.6 is 0 Å². The molecule has 114 valence electrons. The van der Waals surface area contributed by atoms with E-state index in [0.29, 0.717) is 6.04 Å². The number of nitrogens with zero attached hydrogens (tertiary/aromatic N) is 1. The number of furan rings is 1. The van der Waals surface area contributed by atoms with E-state index in [9.17, 15) is 0 Å². The lowest BCUT2D eigenvalue weighted by molar-refractivity contribution is 0.161. The summed E-state index contributed by atoms with van der Waals surface area (Å²) in [5.74, 6) is 2.10. The van der Waals surface area contributed by atoms with Crippen LogP contribution in [-0.2, 0) is 13.1 Å². The molecule has 0 bridgehead atoms. The molecule has 3 nitrogen and oxygen atoms in total. The van der Waals surface area contributed by atoms with Crippen molar-refractivity contribution in [2.45, 2.75) is 65.6 Å². The number of piperidine rings is 1. The van der Waals surface area contributed by atoms with E-state index < -0.39 is 0 Å². The Morgan fingerprint density at radius 3 is 2.75 bits per heavy atom. The Balaban J connectivity index is 1.81. The maximum Gasteiger partial charge on any atom is 0.122 e. The van der Waals surface area contributed by atoms with E-state index >= 15 is 0 Å². The summed E-state index contributed by atoms with van der Waals surface area (Å²) >= 11 is 0. The number of rotatable bonds is 7. The van der Waals surface area contributed by atoms with E-state index in [2.05, 4.69) is 37.1 Å². The fourth-order valence-corrected chi connectivity index (χ4v) is 3.02. The van der Waals surface area contributed by atoms with Crippen molar-refractivity contribution in [1.29, 1.82) is 0 Å². The fourth-order valence-electron chi connectivity index (χ4n) is 3.02. The molecule has 1 aliphatic rings. The summed E-state index contributed by atoms with van der Waals surface area (Å²) in [5, 5.41) is 3.47. The molecule has 0 saturated carbocycles. The van der Waals surface area contributed by atoms with E-state index in [1.165, 1.54) is 44.3 Å². The van der Waals surface area contributed by atoms with E-state index in [1.807, 2.05) is 6.26 Å². The molecule has 0 atom stereocenters. The molecule has 1 aromatic heterocycles. The number of nitrogens with one attached hydrogen (secondary N) is 1. The lowest BCUT2D eigenvalue weighted by atomic mass is 9.92. The lowest BCUT2D eigenvalue weighted by Crippen LogP contribution is -2.33. The highest BCUT2D eigenvalue weighted by molar-refractivity contribution is 5.17. The van der Waals surface area contributed by atoms with Crippen LogP contribution in [0.5, 0.6) is 0 Å². The zero-order valence-electron chi connectivity index (χ0n) is 13.3. The van der Waals surface area contributed by atoms with Gasteiger partial charge in [0.1, 0.15) is 5.76 Å². The molecule has 1 aromatic rings. The summed E-state index contributed by atoms with van der Waals surface area (Å²) in [6.07, 6.45) is 7.27. The molecular formula is C17H30N2O. The second-order valence-electron chi connectivity index (χ2n) is 6.41. The average molecular weight is 278 g/mol. The summed E-state index contributed by atoms with van der Waals surface area (Å²) in [7, 11) is 0. The van der Waals surface area contributed by atoms with Gasteiger partial charge in [0.25, 0.3) is 0 Å². The van der Waals surface area contributed by atoms with Gasteiger partial charge < -0.3 is 9.73 Å². The SMILES string of the molecule is CCCC1CCN(Cc2occc2CNC(C)C)CC1. The number of likely N-dealkylation sites (tertiary alicyclic amines) is 1. The third-order valence-corrected chi connectivity index (χ3v) is 4.31. The summed E-state index contributed by atoms with van der Waals surface area (Å²) in [6, 6.07) is 2.62. The molecule has 0 unspecified atom stereocenters. The molecule has 1 fully saturated rings. The quantitative estimate of drug-likeness (QED) is 0.822. The van der Waals surface area contributed by atoms with Crippen LogP contribution in [0.2, 0.25) is 0 Å². The van der Waals surface area contributed by atoms with Gasteiger partial charge in [-0.2, -0.15) is 0 Å². The Kier molecular flexibility index (Phi) is 6.11. The third kappa shape index (κ3) is 4.64. The largest absolute Gasteiger partial charge is 0.468 e. The molecule has 0 aromatic carbocycles. The van der Waals surface area contributed by atoms with Crippen molar-refractivity contribution in [2.24, 2.45) is 5.92 Å². The fraction of sp³-hybridized carbons (Fsp3) is 0.765. The zero-order valence-corrected chi connectivity index (χ0v) is 13.3. The first-order chi connectivity index (χ1) is 9.69. The molecule has 0 aliphatic carbocycles. The molecule has 2 rings (SSSR count). The van der Waals surface area contributed by atoms with Crippen LogP contribution in [0.3, 0.4) is 0 Å². The molecule has 1 aliphatic heterocycles. The molecular weight excluding hydrogens is 248 g/mol. The van der Waals surface area contributed by atoms with Crippen molar-refractivity contribution < 1.29 is 4.42 Å². The minimum absolute atomic E-state index is 0.516. The molecule has 2 heterocycles. The average Bonchev–Trinajstić information content (AvgIpc) is 2.86. The second-order valence-corrected chi connectivity index (χ2v) is 6.41. The van der Waals surface area contributed by atoms with Gasteiger partial charge in [-0.05, 0) is 37.9 Å². The molecule has 3 heteroatoms. The van der Waals surface area contributed by atoms with Crippen molar-refractivity contribution in [1.82, 2.24) is 10.2 Å². The standard InChI is InChI=1S/C17H30N2O/c1-4-5-15-6-9-19(10-7-15)13-17-16(8-11-20-17)12-18-14(2)3/h8,11,14-15,18H,4-7,9-10,12-13H2,1-3H3. The monoisotopic (exact) mass is 278 g/mol. The summed E-state index contributed by atoms with van der Waals surface area (Å²) in [5.41, 5.74) is 1.31. The molecule has 0 amide bonds. The van der Waals surface area contributed by atoms with Crippen molar-refractivity contribution >= 4 is 0 Å². The smallest absolute Gasteiger partial charge is 0.122 e. The maximum atomic E-state index is 5.69. The summed E-state index contributed by atoms with van der Waals surface area (Å²) < 4.78 is 5.69. The maximum absolute atomic E-state index is 5.69. The molecule has 0 radical (unpaired) electrons. The van der Waals surface area contributed by atoms with Crippen LogP contribution in [0.4, 0.5) is 0 Å². The number of hydrogen-bond donors (Lipinski definition) is 1. The Labute approximate surface area is 123 Å².